The zero-order valence-electron chi connectivity index (χ0n) is 10.4. The SMILES string of the molecule is CNC(=O)c1cccc([C@H]2CCCN(C)C2)n1. The molecule has 0 radical (unpaired) electrons. The highest BCUT2D eigenvalue weighted by Gasteiger charge is 2.20. The first-order chi connectivity index (χ1) is 8.20. The fraction of sp³-hybridized carbons (Fsp3) is 0.538. The topological polar surface area (TPSA) is 45.2 Å². The highest BCUT2D eigenvalue weighted by atomic mass is 16.1. The van der Waals surface area contributed by atoms with Crippen molar-refractivity contribution in [3.63, 3.8) is 0 Å². The van der Waals surface area contributed by atoms with E-state index in [-0.39, 0.29) is 5.91 Å². The minimum Gasteiger partial charge on any atom is -0.354 e. The van der Waals surface area contributed by atoms with Crippen LogP contribution >= 0.6 is 0 Å². The Bertz CT molecular complexity index is 405. The van der Waals surface area contributed by atoms with E-state index >= 15 is 0 Å². The Morgan fingerprint density at radius 2 is 2.35 bits per heavy atom. The van der Waals surface area contributed by atoms with E-state index in [2.05, 4.69) is 22.2 Å². The molecule has 1 aromatic rings. The van der Waals surface area contributed by atoms with Crippen LogP contribution in [0.4, 0.5) is 0 Å². The van der Waals surface area contributed by atoms with Gasteiger partial charge in [0.2, 0.25) is 0 Å². The van der Waals surface area contributed by atoms with Crippen LogP contribution in [-0.4, -0.2) is 43.0 Å². The van der Waals surface area contributed by atoms with Gasteiger partial charge in [-0.2, -0.15) is 0 Å². The first kappa shape index (κ1) is 12.0. The van der Waals surface area contributed by atoms with Gasteiger partial charge >= 0.3 is 0 Å². The van der Waals surface area contributed by atoms with Crippen LogP contribution in [0.1, 0.15) is 34.9 Å². The molecule has 2 rings (SSSR count). The molecule has 17 heavy (non-hydrogen) atoms. The van der Waals surface area contributed by atoms with Crippen LogP contribution in [-0.2, 0) is 0 Å². The van der Waals surface area contributed by atoms with E-state index in [0.717, 1.165) is 25.2 Å². The van der Waals surface area contributed by atoms with Crippen molar-refractivity contribution in [3.05, 3.63) is 29.6 Å². The summed E-state index contributed by atoms with van der Waals surface area (Å²) >= 11 is 0. The smallest absolute Gasteiger partial charge is 0.269 e. The number of piperidine rings is 1. The lowest BCUT2D eigenvalue weighted by molar-refractivity contribution is 0.0957. The summed E-state index contributed by atoms with van der Waals surface area (Å²) in [5, 5.41) is 2.61. The molecule has 0 unspecified atom stereocenters. The van der Waals surface area contributed by atoms with Crippen LogP contribution in [0.5, 0.6) is 0 Å². The molecule has 1 fully saturated rings. The third-order valence-electron chi connectivity index (χ3n) is 3.27. The normalized spacial score (nSPS) is 21.2. The maximum atomic E-state index is 11.5. The second kappa shape index (κ2) is 5.27. The monoisotopic (exact) mass is 233 g/mol. The molecular weight excluding hydrogens is 214 g/mol. The van der Waals surface area contributed by atoms with Crippen molar-refractivity contribution in [1.82, 2.24) is 15.2 Å². The molecule has 1 atom stereocenters. The van der Waals surface area contributed by atoms with Gasteiger partial charge in [-0.3, -0.25) is 4.79 Å². The maximum absolute atomic E-state index is 11.5. The van der Waals surface area contributed by atoms with Gasteiger partial charge in [-0.25, -0.2) is 4.98 Å². The van der Waals surface area contributed by atoms with E-state index in [0.29, 0.717) is 11.6 Å². The Hall–Kier alpha value is -1.42. The Labute approximate surface area is 102 Å². The summed E-state index contributed by atoms with van der Waals surface area (Å²) in [6, 6.07) is 5.70. The molecule has 0 bridgehead atoms. The van der Waals surface area contributed by atoms with E-state index < -0.39 is 0 Å². The lowest BCUT2D eigenvalue weighted by Gasteiger charge is -2.29. The Morgan fingerprint density at radius 3 is 3.06 bits per heavy atom. The number of hydrogen-bond donors (Lipinski definition) is 1. The standard InChI is InChI=1S/C13H19N3O/c1-14-13(17)12-7-3-6-11(15-12)10-5-4-8-16(2)9-10/h3,6-7,10H,4-5,8-9H2,1-2H3,(H,14,17)/t10-/m0/s1. The Balaban J connectivity index is 2.17. The second-order valence-electron chi connectivity index (χ2n) is 4.63. The number of rotatable bonds is 2. The van der Waals surface area contributed by atoms with E-state index in [1.807, 2.05) is 12.1 Å². The molecule has 1 aliphatic rings. The number of likely N-dealkylation sites (tertiary alicyclic amines) is 1. The van der Waals surface area contributed by atoms with E-state index in [4.69, 9.17) is 0 Å². The average Bonchev–Trinajstić information content (AvgIpc) is 2.38. The Kier molecular flexibility index (Phi) is 3.74. The van der Waals surface area contributed by atoms with Gasteiger partial charge in [0.25, 0.3) is 5.91 Å². The van der Waals surface area contributed by atoms with Crippen molar-refractivity contribution in [3.8, 4) is 0 Å². The van der Waals surface area contributed by atoms with Crippen LogP contribution in [0.3, 0.4) is 0 Å². The number of carbonyl (C=O) groups excluding carboxylic acids is 1. The number of carbonyl (C=O) groups is 1. The number of hydrogen-bond acceptors (Lipinski definition) is 3. The zero-order chi connectivity index (χ0) is 12.3. The number of amides is 1. The third-order valence-corrected chi connectivity index (χ3v) is 3.27. The summed E-state index contributed by atoms with van der Waals surface area (Å²) in [6.07, 6.45) is 2.36. The first-order valence-corrected chi connectivity index (χ1v) is 6.08. The summed E-state index contributed by atoms with van der Waals surface area (Å²) in [4.78, 5) is 18.3. The molecule has 4 heteroatoms. The van der Waals surface area contributed by atoms with Gasteiger partial charge in [0.05, 0.1) is 0 Å². The van der Waals surface area contributed by atoms with Crippen LogP contribution in [0.2, 0.25) is 0 Å². The number of nitrogens with zero attached hydrogens (tertiary/aromatic N) is 2. The fourth-order valence-electron chi connectivity index (χ4n) is 2.34. The molecule has 0 saturated carbocycles. The first-order valence-electron chi connectivity index (χ1n) is 6.08. The van der Waals surface area contributed by atoms with Gasteiger partial charge in [-0.05, 0) is 38.6 Å². The number of aromatic nitrogens is 1. The number of nitrogens with one attached hydrogen (secondary N) is 1. The van der Waals surface area contributed by atoms with Crippen molar-refractivity contribution < 1.29 is 4.79 Å². The molecule has 92 valence electrons. The predicted molar refractivity (Wildman–Crippen MR) is 67.1 cm³/mol. The van der Waals surface area contributed by atoms with Crippen LogP contribution in [0.15, 0.2) is 18.2 Å². The van der Waals surface area contributed by atoms with Crippen molar-refractivity contribution in [2.24, 2.45) is 0 Å². The molecule has 1 aromatic heterocycles. The molecule has 1 amide bonds. The average molecular weight is 233 g/mol. The largest absolute Gasteiger partial charge is 0.354 e. The van der Waals surface area contributed by atoms with E-state index in [1.165, 1.54) is 6.42 Å². The highest BCUT2D eigenvalue weighted by Crippen LogP contribution is 2.24. The molecule has 0 aliphatic carbocycles. The minimum atomic E-state index is -0.115. The van der Waals surface area contributed by atoms with Crippen LogP contribution in [0, 0.1) is 0 Å². The highest BCUT2D eigenvalue weighted by molar-refractivity contribution is 5.91. The molecule has 0 spiro atoms. The quantitative estimate of drug-likeness (QED) is 0.836. The molecule has 0 aromatic carbocycles. The second-order valence-corrected chi connectivity index (χ2v) is 4.63. The van der Waals surface area contributed by atoms with Crippen molar-refractivity contribution in [2.75, 3.05) is 27.2 Å². The van der Waals surface area contributed by atoms with Crippen molar-refractivity contribution in [2.45, 2.75) is 18.8 Å². The molecule has 2 heterocycles. The van der Waals surface area contributed by atoms with Gasteiger partial charge in [0, 0.05) is 25.2 Å². The molecule has 4 nitrogen and oxygen atoms in total. The maximum Gasteiger partial charge on any atom is 0.269 e. The van der Waals surface area contributed by atoms with Gasteiger partial charge < -0.3 is 10.2 Å². The summed E-state index contributed by atoms with van der Waals surface area (Å²) < 4.78 is 0. The summed E-state index contributed by atoms with van der Waals surface area (Å²) in [5.74, 6) is 0.342. The summed E-state index contributed by atoms with van der Waals surface area (Å²) in [6.45, 7) is 2.19. The van der Waals surface area contributed by atoms with Gasteiger partial charge in [-0.1, -0.05) is 6.07 Å². The zero-order valence-corrected chi connectivity index (χ0v) is 10.4. The summed E-state index contributed by atoms with van der Waals surface area (Å²) in [7, 11) is 3.76. The molecule has 1 aliphatic heterocycles. The predicted octanol–water partition coefficient (Wildman–Crippen LogP) is 1.25. The van der Waals surface area contributed by atoms with Gasteiger partial charge in [0.1, 0.15) is 5.69 Å². The fourth-order valence-corrected chi connectivity index (χ4v) is 2.34. The number of likely N-dealkylation sites (N-methyl/N-ethyl adjacent to an activating group) is 1. The molecule has 1 N–H and O–H groups in total. The van der Waals surface area contributed by atoms with Crippen LogP contribution in [0.25, 0.3) is 0 Å². The van der Waals surface area contributed by atoms with Crippen molar-refractivity contribution >= 4 is 5.91 Å². The van der Waals surface area contributed by atoms with Crippen molar-refractivity contribution in [1.29, 1.82) is 0 Å². The molecule has 1 saturated heterocycles. The molecular formula is C13H19N3O. The Morgan fingerprint density at radius 1 is 1.53 bits per heavy atom. The lowest BCUT2D eigenvalue weighted by atomic mass is 9.94. The van der Waals surface area contributed by atoms with Gasteiger partial charge in [0.15, 0.2) is 0 Å². The van der Waals surface area contributed by atoms with E-state index in [9.17, 15) is 4.79 Å². The lowest BCUT2D eigenvalue weighted by Crippen LogP contribution is -2.31. The van der Waals surface area contributed by atoms with Crippen LogP contribution < -0.4 is 5.32 Å². The number of pyridine rings is 1. The van der Waals surface area contributed by atoms with E-state index in [1.54, 1.807) is 13.1 Å². The third kappa shape index (κ3) is 2.82. The van der Waals surface area contributed by atoms with Gasteiger partial charge in [-0.15, -0.1) is 0 Å². The summed E-state index contributed by atoms with van der Waals surface area (Å²) in [5.41, 5.74) is 1.55. The minimum absolute atomic E-state index is 0.115.